The molecule has 1 atom stereocenters. The molecule has 2 heterocycles. The van der Waals surface area contributed by atoms with Gasteiger partial charge in [0.15, 0.2) is 5.69 Å². The number of carbonyl (C=O) groups excluding carboxylic acids is 1. The number of hydrogen-bond acceptors (Lipinski definition) is 5. The average molecular weight is 391 g/mol. The monoisotopic (exact) mass is 391 g/mol. The second kappa shape index (κ2) is 9.45. The van der Waals surface area contributed by atoms with E-state index < -0.39 is 0 Å². The first-order valence-corrected chi connectivity index (χ1v) is 9.88. The number of morpholine rings is 1. The minimum Gasteiger partial charge on any atom is -0.379 e. The Morgan fingerprint density at radius 3 is 2.45 bits per heavy atom. The molecule has 1 amide bonds. The predicted octanol–water partition coefficient (Wildman–Crippen LogP) is 2.13. The molecule has 1 fully saturated rings. The van der Waals surface area contributed by atoms with Gasteiger partial charge in [-0.3, -0.25) is 9.69 Å². The molecule has 0 radical (unpaired) electrons. The van der Waals surface area contributed by atoms with Crippen LogP contribution in [0.1, 0.15) is 27.7 Å². The Kier molecular flexibility index (Phi) is 6.29. The van der Waals surface area contributed by atoms with E-state index in [2.05, 4.69) is 32.7 Å². The third kappa shape index (κ3) is 5.07. The SMILES string of the molecule is O=C(NCC(c1ccccc1)N1CCOCC1)c1cn(Cc2ccccc2)nn1. The first-order valence-electron chi connectivity index (χ1n) is 9.88. The maximum atomic E-state index is 12.7. The molecule has 2 aromatic carbocycles. The highest BCUT2D eigenvalue weighted by molar-refractivity contribution is 5.91. The zero-order valence-electron chi connectivity index (χ0n) is 16.3. The van der Waals surface area contributed by atoms with E-state index in [4.69, 9.17) is 4.74 Å². The lowest BCUT2D eigenvalue weighted by molar-refractivity contribution is 0.0162. The Bertz CT molecular complexity index is 907. The van der Waals surface area contributed by atoms with Crippen LogP contribution in [0.4, 0.5) is 0 Å². The Labute approximate surface area is 170 Å². The quantitative estimate of drug-likeness (QED) is 0.668. The molecular weight excluding hydrogens is 366 g/mol. The van der Waals surface area contributed by atoms with Crippen molar-refractivity contribution in [2.45, 2.75) is 12.6 Å². The van der Waals surface area contributed by atoms with Crippen LogP contribution < -0.4 is 5.32 Å². The second-order valence-electron chi connectivity index (χ2n) is 7.07. The zero-order valence-corrected chi connectivity index (χ0v) is 16.3. The van der Waals surface area contributed by atoms with E-state index in [1.54, 1.807) is 10.9 Å². The van der Waals surface area contributed by atoms with Crippen LogP contribution in [0.2, 0.25) is 0 Å². The van der Waals surface area contributed by atoms with Crippen molar-refractivity contribution in [1.82, 2.24) is 25.2 Å². The Hall–Kier alpha value is -3.03. The summed E-state index contributed by atoms with van der Waals surface area (Å²) in [6.07, 6.45) is 1.69. The zero-order chi connectivity index (χ0) is 19.9. The number of nitrogens with zero attached hydrogens (tertiary/aromatic N) is 4. The van der Waals surface area contributed by atoms with Gasteiger partial charge in [0, 0.05) is 19.6 Å². The number of rotatable bonds is 7. The molecule has 1 N–H and O–H groups in total. The number of carbonyl (C=O) groups is 1. The van der Waals surface area contributed by atoms with E-state index in [9.17, 15) is 4.79 Å². The number of ether oxygens (including phenoxy) is 1. The lowest BCUT2D eigenvalue weighted by Crippen LogP contribution is -2.43. The highest BCUT2D eigenvalue weighted by Crippen LogP contribution is 2.21. The van der Waals surface area contributed by atoms with Crippen LogP contribution in [0.25, 0.3) is 0 Å². The summed E-state index contributed by atoms with van der Waals surface area (Å²) >= 11 is 0. The van der Waals surface area contributed by atoms with Gasteiger partial charge in [0.25, 0.3) is 5.91 Å². The van der Waals surface area contributed by atoms with E-state index in [-0.39, 0.29) is 11.9 Å². The molecule has 1 unspecified atom stereocenters. The van der Waals surface area contributed by atoms with Gasteiger partial charge in [-0.25, -0.2) is 4.68 Å². The summed E-state index contributed by atoms with van der Waals surface area (Å²) in [4.78, 5) is 15.0. The average Bonchev–Trinajstić information content (AvgIpc) is 3.25. The number of benzene rings is 2. The molecule has 0 bridgehead atoms. The molecule has 1 saturated heterocycles. The molecule has 4 rings (SSSR count). The molecule has 7 heteroatoms. The molecule has 0 saturated carbocycles. The second-order valence-corrected chi connectivity index (χ2v) is 7.07. The van der Waals surface area contributed by atoms with E-state index in [0.717, 1.165) is 18.7 Å². The van der Waals surface area contributed by atoms with Gasteiger partial charge < -0.3 is 10.1 Å². The summed E-state index contributed by atoms with van der Waals surface area (Å²) in [7, 11) is 0. The molecule has 3 aromatic rings. The lowest BCUT2D eigenvalue weighted by atomic mass is 10.0. The topological polar surface area (TPSA) is 72.3 Å². The van der Waals surface area contributed by atoms with Crippen LogP contribution in [-0.4, -0.2) is 58.6 Å². The number of amides is 1. The fraction of sp³-hybridized carbons (Fsp3) is 0.318. The Morgan fingerprint density at radius 2 is 1.72 bits per heavy atom. The molecule has 7 nitrogen and oxygen atoms in total. The van der Waals surface area contributed by atoms with Crippen LogP contribution in [-0.2, 0) is 11.3 Å². The van der Waals surface area contributed by atoms with Crippen LogP contribution >= 0.6 is 0 Å². The summed E-state index contributed by atoms with van der Waals surface area (Å²) in [5.41, 5.74) is 2.62. The largest absolute Gasteiger partial charge is 0.379 e. The number of hydrogen-bond donors (Lipinski definition) is 1. The number of aromatic nitrogens is 3. The first-order chi connectivity index (χ1) is 14.3. The van der Waals surface area contributed by atoms with Crippen molar-refractivity contribution in [2.75, 3.05) is 32.8 Å². The molecule has 29 heavy (non-hydrogen) atoms. The van der Waals surface area contributed by atoms with E-state index >= 15 is 0 Å². The summed E-state index contributed by atoms with van der Waals surface area (Å²) in [5.74, 6) is -0.210. The predicted molar refractivity (Wildman–Crippen MR) is 109 cm³/mol. The van der Waals surface area contributed by atoms with Crippen molar-refractivity contribution in [3.8, 4) is 0 Å². The number of nitrogens with one attached hydrogen (secondary N) is 1. The molecule has 150 valence electrons. The van der Waals surface area contributed by atoms with Crippen molar-refractivity contribution in [3.63, 3.8) is 0 Å². The van der Waals surface area contributed by atoms with Gasteiger partial charge in [0.1, 0.15) is 0 Å². The van der Waals surface area contributed by atoms with E-state index in [0.29, 0.717) is 32.0 Å². The van der Waals surface area contributed by atoms with Crippen molar-refractivity contribution < 1.29 is 9.53 Å². The van der Waals surface area contributed by atoms with Crippen LogP contribution in [0.5, 0.6) is 0 Å². The third-order valence-electron chi connectivity index (χ3n) is 5.09. The van der Waals surface area contributed by atoms with Gasteiger partial charge in [-0.2, -0.15) is 0 Å². The molecule has 1 aromatic heterocycles. The highest BCUT2D eigenvalue weighted by Gasteiger charge is 2.23. The summed E-state index contributed by atoms with van der Waals surface area (Å²) in [6, 6.07) is 20.3. The van der Waals surface area contributed by atoms with E-state index in [1.807, 2.05) is 48.5 Å². The Balaban J connectivity index is 1.40. The van der Waals surface area contributed by atoms with Gasteiger partial charge in [-0.15, -0.1) is 5.10 Å². The van der Waals surface area contributed by atoms with Crippen LogP contribution in [0.15, 0.2) is 66.9 Å². The van der Waals surface area contributed by atoms with Gasteiger partial charge >= 0.3 is 0 Å². The van der Waals surface area contributed by atoms with E-state index in [1.165, 1.54) is 5.56 Å². The van der Waals surface area contributed by atoms with Crippen molar-refractivity contribution in [3.05, 3.63) is 83.7 Å². The maximum absolute atomic E-state index is 12.7. The molecule has 1 aliphatic heterocycles. The fourth-order valence-corrected chi connectivity index (χ4v) is 3.55. The van der Waals surface area contributed by atoms with Gasteiger partial charge in [0.2, 0.25) is 0 Å². The van der Waals surface area contributed by atoms with Gasteiger partial charge in [-0.1, -0.05) is 65.9 Å². The maximum Gasteiger partial charge on any atom is 0.273 e. The Morgan fingerprint density at radius 1 is 1.03 bits per heavy atom. The third-order valence-corrected chi connectivity index (χ3v) is 5.09. The molecule has 0 aliphatic carbocycles. The van der Waals surface area contributed by atoms with Crippen molar-refractivity contribution >= 4 is 5.91 Å². The van der Waals surface area contributed by atoms with Crippen molar-refractivity contribution in [2.24, 2.45) is 0 Å². The fourth-order valence-electron chi connectivity index (χ4n) is 3.55. The smallest absolute Gasteiger partial charge is 0.273 e. The standard InChI is InChI=1S/C22H25N5O2/c28-22(20-17-27(25-24-20)16-18-7-3-1-4-8-18)23-15-21(19-9-5-2-6-10-19)26-11-13-29-14-12-26/h1-10,17,21H,11-16H2,(H,23,28). The highest BCUT2D eigenvalue weighted by atomic mass is 16.5. The van der Waals surface area contributed by atoms with Gasteiger partial charge in [-0.05, 0) is 11.1 Å². The molecule has 0 spiro atoms. The van der Waals surface area contributed by atoms with Crippen LogP contribution in [0, 0.1) is 0 Å². The van der Waals surface area contributed by atoms with Gasteiger partial charge in [0.05, 0.1) is 32.0 Å². The minimum absolute atomic E-state index is 0.100. The lowest BCUT2D eigenvalue weighted by Gasteiger charge is -2.34. The molecular formula is C22H25N5O2. The van der Waals surface area contributed by atoms with Crippen molar-refractivity contribution in [1.29, 1.82) is 0 Å². The summed E-state index contributed by atoms with van der Waals surface area (Å²) in [5, 5.41) is 11.2. The summed E-state index contributed by atoms with van der Waals surface area (Å²) in [6.45, 7) is 4.22. The normalized spacial score (nSPS) is 15.7. The van der Waals surface area contributed by atoms with Crippen LogP contribution in [0.3, 0.4) is 0 Å². The summed E-state index contributed by atoms with van der Waals surface area (Å²) < 4.78 is 7.16. The first kappa shape index (κ1) is 19.3. The molecule has 1 aliphatic rings. The minimum atomic E-state index is -0.210.